The van der Waals surface area contributed by atoms with Crippen LogP contribution in [0.2, 0.25) is 0 Å². The molecule has 0 radical (unpaired) electrons. The molecule has 21 heavy (non-hydrogen) atoms. The van der Waals surface area contributed by atoms with Crippen molar-refractivity contribution in [2.24, 2.45) is 16.3 Å². The standard InChI is InChI=1S/C16H26N4O/c1-11-12(2)21-14(20-11)9-18-15(17-3)19-10-16(7-4-8-16)13-5-6-13/h13H,4-10H2,1-3H3,(H2,17,18,19). The van der Waals surface area contributed by atoms with Crippen molar-refractivity contribution < 1.29 is 4.42 Å². The molecule has 2 fully saturated rings. The summed E-state index contributed by atoms with van der Waals surface area (Å²) >= 11 is 0. The SMILES string of the molecule is CN=C(NCc1nc(C)c(C)o1)NCC1(C2CC2)CCC1. The third kappa shape index (κ3) is 3.06. The maximum Gasteiger partial charge on any atom is 0.214 e. The van der Waals surface area contributed by atoms with E-state index in [4.69, 9.17) is 4.42 Å². The van der Waals surface area contributed by atoms with Gasteiger partial charge in [0.25, 0.3) is 0 Å². The summed E-state index contributed by atoms with van der Waals surface area (Å²) in [5, 5.41) is 6.78. The molecule has 3 rings (SSSR count). The maximum atomic E-state index is 5.58. The lowest BCUT2D eigenvalue weighted by Crippen LogP contribution is -2.47. The third-order valence-corrected chi connectivity index (χ3v) is 5.10. The summed E-state index contributed by atoms with van der Waals surface area (Å²) in [6.45, 7) is 5.52. The number of nitrogens with zero attached hydrogens (tertiary/aromatic N) is 2. The number of aromatic nitrogens is 1. The molecule has 0 spiro atoms. The zero-order chi connectivity index (χ0) is 14.9. The van der Waals surface area contributed by atoms with Crippen LogP contribution in [0.1, 0.15) is 49.4 Å². The van der Waals surface area contributed by atoms with Gasteiger partial charge in [-0.2, -0.15) is 0 Å². The Balaban J connectivity index is 1.49. The van der Waals surface area contributed by atoms with E-state index in [9.17, 15) is 0 Å². The molecule has 0 bridgehead atoms. The molecular formula is C16H26N4O. The number of nitrogens with one attached hydrogen (secondary N) is 2. The van der Waals surface area contributed by atoms with Gasteiger partial charge >= 0.3 is 0 Å². The fourth-order valence-electron chi connectivity index (χ4n) is 3.31. The molecule has 0 aliphatic heterocycles. The molecule has 116 valence electrons. The van der Waals surface area contributed by atoms with Gasteiger partial charge in [0.1, 0.15) is 5.76 Å². The average molecular weight is 290 g/mol. The van der Waals surface area contributed by atoms with Gasteiger partial charge in [0, 0.05) is 13.6 Å². The van der Waals surface area contributed by atoms with Crippen LogP contribution in [-0.2, 0) is 6.54 Å². The minimum absolute atomic E-state index is 0.549. The lowest BCUT2D eigenvalue weighted by atomic mass is 9.65. The zero-order valence-electron chi connectivity index (χ0n) is 13.3. The van der Waals surface area contributed by atoms with E-state index in [2.05, 4.69) is 20.6 Å². The zero-order valence-corrected chi connectivity index (χ0v) is 13.3. The topological polar surface area (TPSA) is 62.5 Å². The second-order valence-electron chi connectivity index (χ2n) is 6.52. The summed E-state index contributed by atoms with van der Waals surface area (Å²) < 4.78 is 5.58. The molecule has 2 aliphatic carbocycles. The second-order valence-corrected chi connectivity index (χ2v) is 6.52. The Morgan fingerprint density at radius 1 is 1.33 bits per heavy atom. The van der Waals surface area contributed by atoms with Gasteiger partial charge in [0.05, 0.1) is 12.2 Å². The summed E-state index contributed by atoms with van der Waals surface area (Å²) in [5.41, 5.74) is 1.50. The van der Waals surface area contributed by atoms with Crippen molar-refractivity contribution in [2.45, 2.75) is 52.5 Å². The van der Waals surface area contributed by atoms with Crippen LogP contribution in [0.15, 0.2) is 9.41 Å². The summed E-state index contributed by atoms with van der Waals surface area (Å²) in [6.07, 6.45) is 6.98. The minimum Gasteiger partial charge on any atom is -0.444 e. The monoisotopic (exact) mass is 290 g/mol. The number of aliphatic imine (C=N–C) groups is 1. The summed E-state index contributed by atoms with van der Waals surface area (Å²) in [7, 11) is 1.81. The highest BCUT2D eigenvalue weighted by atomic mass is 16.4. The Hall–Kier alpha value is -1.52. The molecule has 2 aliphatic rings. The van der Waals surface area contributed by atoms with Crippen molar-refractivity contribution in [1.82, 2.24) is 15.6 Å². The summed E-state index contributed by atoms with van der Waals surface area (Å²) in [6, 6.07) is 0. The van der Waals surface area contributed by atoms with Crippen molar-refractivity contribution >= 4 is 5.96 Å². The largest absolute Gasteiger partial charge is 0.444 e. The van der Waals surface area contributed by atoms with E-state index in [0.717, 1.165) is 29.9 Å². The van der Waals surface area contributed by atoms with Gasteiger partial charge in [0.2, 0.25) is 5.89 Å². The van der Waals surface area contributed by atoms with E-state index in [1.54, 1.807) is 0 Å². The fourth-order valence-corrected chi connectivity index (χ4v) is 3.31. The number of hydrogen-bond acceptors (Lipinski definition) is 3. The van der Waals surface area contributed by atoms with Crippen LogP contribution >= 0.6 is 0 Å². The van der Waals surface area contributed by atoms with Crippen molar-refractivity contribution in [2.75, 3.05) is 13.6 Å². The number of rotatable bonds is 5. The lowest BCUT2D eigenvalue weighted by molar-refractivity contribution is 0.106. The Morgan fingerprint density at radius 2 is 2.10 bits per heavy atom. The molecule has 1 aromatic heterocycles. The fraction of sp³-hybridized carbons (Fsp3) is 0.750. The molecule has 0 atom stereocenters. The van der Waals surface area contributed by atoms with Gasteiger partial charge in [-0.05, 0) is 50.9 Å². The average Bonchev–Trinajstić information content (AvgIpc) is 3.20. The van der Waals surface area contributed by atoms with Gasteiger partial charge < -0.3 is 15.1 Å². The normalized spacial score (nSPS) is 21.0. The number of aryl methyl sites for hydroxylation is 2. The first-order valence-electron chi connectivity index (χ1n) is 8.00. The molecule has 1 aromatic rings. The number of guanidine groups is 1. The van der Waals surface area contributed by atoms with Crippen LogP contribution < -0.4 is 10.6 Å². The van der Waals surface area contributed by atoms with Crippen LogP contribution in [0.25, 0.3) is 0 Å². The van der Waals surface area contributed by atoms with Gasteiger partial charge in [0.15, 0.2) is 5.96 Å². The Bertz CT molecular complexity index is 507. The number of hydrogen-bond donors (Lipinski definition) is 2. The molecule has 2 N–H and O–H groups in total. The first-order valence-corrected chi connectivity index (χ1v) is 8.00. The summed E-state index contributed by atoms with van der Waals surface area (Å²) in [5.74, 6) is 3.40. The Morgan fingerprint density at radius 3 is 2.57 bits per heavy atom. The molecule has 0 aromatic carbocycles. The molecular weight excluding hydrogens is 264 g/mol. The molecule has 0 unspecified atom stereocenters. The molecule has 5 nitrogen and oxygen atoms in total. The quantitative estimate of drug-likeness (QED) is 0.646. The molecule has 5 heteroatoms. The Kier molecular flexibility index (Phi) is 3.91. The van der Waals surface area contributed by atoms with E-state index in [0.29, 0.717) is 17.9 Å². The van der Waals surface area contributed by atoms with E-state index >= 15 is 0 Å². The van der Waals surface area contributed by atoms with E-state index in [-0.39, 0.29) is 0 Å². The van der Waals surface area contributed by atoms with Crippen LogP contribution in [0.4, 0.5) is 0 Å². The third-order valence-electron chi connectivity index (χ3n) is 5.10. The summed E-state index contributed by atoms with van der Waals surface area (Å²) in [4.78, 5) is 8.68. The predicted octanol–water partition coefficient (Wildman–Crippen LogP) is 2.54. The minimum atomic E-state index is 0.549. The molecule has 0 saturated heterocycles. The predicted molar refractivity (Wildman–Crippen MR) is 83.2 cm³/mol. The van der Waals surface area contributed by atoms with Crippen LogP contribution in [0.5, 0.6) is 0 Å². The van der Waals surface area contributed by atoms with Crippen molar-refractivity contribution in [3.63, 3.8) is 0 Å². The van der Waals surface area contributed by atoms with Crippen LogP contribution in [-0.4, -0.2) is 24.5 Å². The van der Waals surface area contributed by atoms with Crippen molar-refractivity contribution in [3.05, 3.63) is 17.3 Å². The number of oxazole rings is 1. The van der Waals surface area contributed by atoms with E-state index in [1.165, 1.54) is 32.1 Å². The Labute approximate surface area is 126 Å². The lowest BCUT2D eigenvalue weighted by Gasteiger charge is -2.43. The van der Waals surface area contributed by atoms with E-state index < -0.39 is 0 Å². The highest BCUT2D eigenvalue weighted by Crippen LogP contribution is 2.56. The van der Waals surface area contributed by atoms with Gasteiger partial charge in [-0.15, -0.1) is 0 Å². The molecule has 2 saturated carbocycles. The smallest absolute Gasteiger partial charge is 0.214 e. The van der Waals surface area contributed by atoms with Crippen molar-refractivity contribution in [1.29, 1.82) is 0 Å². The second kappa shape index (κ2) is 5.70. The van der Waals surface area contributed by atoms with Crippen molar-refractivity contribution in [3.8, 4) is 0 Å². The van der Waals surface area contributed by atoms with Crippen LogP contribution in [0.3, 0.4) is 0 Å². The molecule has 1 heterocycles. The first kappa shape index (κ1) is 14.4. The van der Waals surface area contributed by atoms with Gasteiger partial charge in [-0.25, -0.2) is 4.98 Å². The maximum absolute atomic E-state index is 5.58. The van der Waals surface area contributed by atoms with Gasteiger partial charge in [-0.3, -0.25) is 4.99 Å². The van der Waals surface area contributed by atoms with Gasteiger partial charge in [-0.1, -0.05) is 6.42 Å². The first-order chi connectivity index (χ1) is 10.1. The van der Waals surface area contributed by atoms with E-state index in [1.807, 2.05) is 20.9 Å². The van der Waals surface area contributed by atoms with Crippen LogP contribution in [0, 0.1) is 25.2 Å². The molecule has 0 amide bonds. The highest BCUT2D eigenvalue weighted by Gasteiger charge is 2.48. The highest BCUT2D eigenvalue weighted by molar-refractivity contribution is 5.79.